The van der Waals surface area contributed by atoms with Gasteiger partial charge >= 0.3 is 0 Å². The summed E-state index contributed by atoms with van der Waals surface area (Å²) in [4.78, 5) is 0. The number of aryl methyl sites for hydroxylation is 1. The van der Waals surface area contributed by atoms with Crippen molar-refractivity contribution in [3.8, 4) is 11.5 Å². The molecular formula is C35H52O2. The third-order valence-corrected chi connectivity index (χ3v) is 7.59. The Balaban J connectivity index is 2.00. The number of fused-ring (bicyclic) bond motifs is 2. The van der Waals surface area contributed by atoms with Crippen molar-refractivity contribution in [2.24, 2.45) is 0 Å². The second-order valence-corrected chi connectivity index (χ2v) is 11.8. The van der Waals surface area contributed by atoms with Gasteiger partial charge in [-0.15, -0.1) is 0 Å². The number of rotatable bonds is 16. The van der Waals surface area contributed by atoms with Gasteiger partial charge in [0.25, 0.3) is 0 Å². The lowest BCUT2D eigenvalue weighted by atomic mass is 9.85. The molecule has 0 heterocycles. The van der Waals surface area contributed by atoms with Crippen LogP contribution >= 0.6 is 0 Å². The molecule has 0 amide bonds. The Hall–Kier alpha value is -2.22. The van der Waals surface area contributed by atoms with Gasteiger partial charge in [0.2, 0.25) is 0 Å². The Morgan fingerprint density at radius 1 is 0.541 bits per heavy atom. The summed E-state index contributed by atoms with van der Waals surface area (Å²) in [5.41, 5.74) is 2.75. The van der Waals surface area contributed by atoms with Gasteiger partial charge in [-0.1, -0.05) is 124 Å². The zero-order chi connectivity index (χ0) is 26.7. The number of unbranched alkanes of at least 4 members (excludes halogenated alkanes) is 9. The topological polar surface area (TPSA) is 18.5 Å². The molecule has 0 N–H and O–H groups in total. The number of ether oxygens (including phenoxy) is 2. The van der Waals surface area contributed by atoms with Crippen LogP contribution in [0.25, 0.3) is 21.5 Å². The van der Waals surface area contributed by atoms with Crippen molar-refractivity contribution in [1.82, 2.24) is 0 Å². The van der Waals surface area contributed by atoms with Crippen LogP contribution in [0.2, 0.25) is 0 Å². The van der Waals surface area contributed by atoms with Gasteiger partial charge in [0.1, 0.15) is 11.5 Å². The molecule has 0 aliphatic carbocycles. The summed E-state index contributed by atoms with van der Waals surface area (Å²) in [6.07, 6.45) is 14.8. The Labute approximate surface area is 227 Å². The molecule has 0 atom stereocenters. The van der Waals surface area contributed by atoms with Crippen molar-refractivity contribution in [1.29, 1.82) is 0 Å². The lowest BCUT2D eigenvalue weighted by Crippen LogP contribution is -2.11. The maximum absolute atomic E-state index is 6.65. The Bertz CT molecular complexity index is 1110. The monoisotopic (exact) mass is 504 g/mol. The normalized spacial score (nSPS) is 11.9. The highest BCUT2D eigenvalue weighted by molar-refractivity contribution is 6.11. The Morgan fingerprint density at radius 3 is 1.54 bits per heavy atom. The van der Waals surface area contributed by atoms with Gasteiger partial charge in [-0.3, -0.25) is 0 Å². The third-order valence-electron chi connectivity index (χ3n) is 7.59. The molecule has 2 heteroatoms. The van der Waals surface area contributed by atoms with Gasteiger partial charge in [-0.05, 0) is 47.9 Å². The average molecular weight is 505 g/mol. The molecule has 3 aromatic carbocycles. The summed E-state index contributed by atoms with van der Waals surface area (Å²) in [5.74, 6) is 2.06. The van der Waals surface area contributed by atoms with Crippen molar-refractivity contribution in [3.05, 3.63) is 47.5 Å². The first kappa shape index (κ1) is 29.3. The molecule has 3 aromatic rings. The van der Waals surface area contributed by atoms with Gasteiger partial charge in [0.15, 0.2) is 0 Å². The zero-order valence-corrected chi connectivity index (χ0v) is 24.7. The molecule has 0 radical (unpaired) electrons. The predicted molar refractivity (Wildman–Crippen MR) is 163 cm³/mol. The SMILES string of the molecule is CCCCCCCCOc1c2ccc(CC)cc2c(OCCCCCCC)c2ccc(C(C)(C)C)cc12. The maximum Gasteiger partial charge on any atom is 0.135 e. The standard InChI is InChI=1S/C35H52O2/c1-7-10-12-14-16-18-24-37-34-29-21-19-27(9-3)25-31(29)33(36-23-17-15-13-11-8-2)30-22-20-28(26-32(30)34)35(4,5)6/h19-22,25-26H,7-18,23-24H2,1-6H3. The average Bonchev–Trinajstić information content (AvgIpc) is 2.89. The van der Waals surface area contributed by atoms with E-state index in [0.29, 0.717) is 0 Å². The summed E-state index contributed by atoms with van der Waals surface area (Å²) in [7, 11) is 0. The van der Waals surface area contributed by atoms with E-state index in [1.807, 2.05) is 0 Å². The van der Waals surface area contributed by atoms with Crippen LogP contribution in [-0.2, 0) is 11.8 Å². The van der Waals surface area contributed by atoms with Crippen LogP contribution in [0.4, 0.5) is 0 Å². The van der Waals surface area contributed by atoms with Crippen LogP contribution in [0.15, 0.2) is 36.4 Å². The number of hydrogen-bond donors (Lipinski definition) is 0. The molecule has 0 aromatic heterocycles. The van der Waals surface area contributed by atoms with Crippen LogP contribution in [0.5, 0.6) is 11.5 Å². The predicted octanol–water partition coefficient (Wildman–Crippen LogP) is 10.9. The van der Waals surface area contributed by atoms with Crippen molar-refractivity contribution in [2.45, 2.75) is 124 Å². The quantitative estimate of drug-likeness (QED) is 0.143. The fraction of sp³-hybridized carbons (Fsp3) is 0.600. The van der Waals surface area contributed by atoms with Crippen molar-refractivity contribution in [2.75, 3.05) is 13.2 Å². The maximum atomic E-state index is 6.65. The molecule has 37 heavy (non-hydrogen) atoms. The summed E-state index contributed by atoms with van der Waals surface area (Å²) in [6, 6.07) is 13.8. The number of benzene rings is 3. The lowest BCUT2D eigenvalue weighted by Gasteiger charge is -2.23. The van der Waals surface area contributed by atoms with E-state index in [0.717, 1.165) is 44.0 Å². The Kier molecular flexibility index (Phi) is 11.6. The molecule has 0 spiro atoms. The molecule has 2 nitrogen and oxygen atoms in total. The summed E-state index contributed by atoms with van der Waals surface area (Å²) >= 11 is 0. The van der Waals surface area contributed by atoms with Crippen LogP contribution < -0.4 is 9.47 Å². The van der Waals surface area contributed by atoms with E-state index in [1.165, 1.54) is 90.5 Å². The van der Waals surface area contributed by atoms with Crippen LogP contribution in [0.3, 0.4) is 0 Å². The molecule has 0 bridgehead atoms. The van der Waals surface area contributed by atoms with E-state index in [-0.39, 0.29) is 5.41 Å². The minimum Gasteiger partial charge on any atom is -0.492 e. The Morgan fingerprint density at radius 2 is 1.03 bits per heavy atom. The first-order valence-corrected chi connectivity index (χ1v) is 15.2. The van der Waals surface area contributed by atoms with Crippen molar-refractivity contribution >= 4 is 21.5 Å². The molecule has 0 saturated carbocycles. The smallest absolute Gasteiger partial charge is 0.135 e. The van der Waals surface area contributed by atoms with Gasteiger partial charge in [-0.25, -0.2) is 0 Å². The minimum absolute atomic E-state index is 0.0755. The second-order valence-electron chi connectivity index (χ2n) is 11.8. The largest absolute Gasteiger partial charge is 0.492 e. The van der Waals surface area contributed by atoms with E-state index in [9.17, 15) is 0 Å². The third kappa shape index (κ3) is 8.13. The minimum atomic E-state index is 0.0755. The summed E-state index contributed by atoms with van der Waals surface area (Å²) in [5, 5.41) is 4.75. The summed E-state index contributed by atoms with van der Waals surface area (Å²) < 4.78 is 13.3. The van der Waals surface area contributed by atoms with Crippen molar-refractivity contribution < 1.29 is 9.47 Å². The highest BCUT2D eigenvalue weighted by atomic mass is 16.5. The second kappa shape index (κ2) is 14.6. The molecule has 204 valence electrons. The molecule has 0 saturated heterocycles. The molecular weight excluding hydrogens is 452 g/mol. The van der Waals surface area contributed by atoms with E-state index in [4.69, 9.17) is 9.47 Å². The lowest BCUT2D eigenvalue weighted by molar-refractivity contribution is 0.306. The van der Waals surface area contributed by atoms with Crippen LogP contribution in [0.1, 0.15) is 123 Å². The van der Waals surface area contributed by atoms with E-state index in [2.05, 4.69) is 77.9 Å². The fourth-order valence-electron chi connectivity index (χ4n) is 5.13. The summed E-state index contributed by atoms with van der Waals surface area (Å²) in [6.45, 7) is 15.2. The molecule has 0 fully saturated rings. The molecule has 3 rings (SSSR count). The van der Waals surface area contributed by atoms with E-state index >= 15 is 0 Å². The van der Waals surface area contributed by atoms with Crippen molar-refractivity contribution in [3.63, 3.8) is 0 Å². The fourth-order valence-corrected chi connectivity index (χ4v) is 5.13. The van der Waals surface area contributed by atoms with E-state index in [1.54, 1.807) is 0 Å². The highest BCUT2D eigenvalue weighted by Gasteiger charge is 2.20. The van der Waals surface area contributed by atoms with E-state index < -0.39 is 0 Å². The van der Waals surface area contributed by atoms with Gasteiger partial charge < -0.3 is 9.47 Å². The van der Waals surface area contributed by atoms with Crippen LogP contribution in [-0.4, -0.2) is 13.2 Å². The van der Waals surface area contributed by atoms with Gasteiger partial charge in [0.05, 0.1) is 13.2 Å². The molecule has 0 aliphatic rings. The zero-order valence-electron chi connectivity index (χ0n) is 24.7. The molecule has 0 unspecified atom stereocenters. The first-order chi connectivity index (χ1) is 17.9. The number of hydrogen-bond acceptors (Lipinski definition) is 2. The van der Waals surface area contributed by atoms with Gasteiger partial charge in [0, 0.05) is 21.5 Å². The first-order valence-electron chi connectivity index (χ1n) is 15.2. The highest BCUT2D eigenvalue weighted by Crippen LogP contribution is 2.44. The van der Waals surface area contributed by atoms with Crippen LogP contribution in [0, 0.1) is 0 Å². The molecule has 0 aliphatic heterocycles. The van der Waals surface area contributed by atoms with Gasteiger partial charge in [-0.2, -0.15) is 0 Å².